The number of nitrogens with one attached hydrogen (secondary N) is 1. The van der Waals surface area contributed by atoms with Crippen LogP contribution in [0.5, 0.6) is 0 Å². The van der Waals surface area contributed by atoms with Crippen LogP contribution in [0.25, 0.3) is 11.2 Å². The summed E-state index contributed by atoms with van der Waals surface area (Å²) in [6.45, 7) is -1.38. The zero-order valence-electron chi connectivity index (χ0n) is 32.0. The van der Waals surface area contributed by atoms with Crippen LogP contribution in [-0.2, 0) is 53.1 Å². The first-order valence-corrected chi connectivity index (χ1v) is 21.5. The molecule has 6 rings (SSSR count). The molecule has 0 radical (unpaired) electrons. The molecule has 0 saturated carbocycles. The number of ether oxygens (including phenoxy) is 4. The summed E-state index contributed by atoms with van der Waals surface area (Å²) in [5.74, 6) is -1.05. The van der Waals surface area contributed by atoms with Crippen molar-refractivity contribution in [2.24, 2.45) is 5.73 Å². The summed E-state index contributed by atoms with van der Waals surface area (Å²) in [6, 6.07) is 9.18. The summed E-state index contributed by atoms with van der Waals surface area (Å²) in [5.41, 5.74) is 17.9. The third-order valence-electron chi connectivity index (χ3n) is 9.37. The maximum absolute atomic E-state index is 13.4. The molecule has 2 aliphatic rings. The van der Waals surface area contributed by atoms with Crippen LogP contribution in [0.1, 0.15) is 43.7 Å². The average Bonchev–Trinajstić information content (AvgIpc) is 3.90. The summed E-state index contributed by atoms with van der Waals surface area (Å²) in [7, 11) is -10.2. The summed E-state index contributed by atoms with van der Waals surface area (Å²) in [4.78, 5) is 83.0. The van der Waals surface area contributed by atoms with E-state index in [2.05, 4.69) is 29.8 Å². The minimum absolute atomic E-state index is 0.0166. The van der Waals surface area contributed by atoms with Gasteiger partial charge in [0.1, 0.15) is 61.0 Å². The van der Waals surface area contributed by atoms with Crippen LogP contribution >= 0.6 is 15.6 Å². The highest BCUT2D eigenvalue weighted by molar-refractivity contribution is 7.47. The topological polar surface area (TPSA) is 382 Å². The van der Waals surface area contributed by atoms with Gasteiger partial charge in [0.05, 0.1) is 19.5 Å². The van der Waals surface area contributed by atoms with Crippen molar-refractivity contribution in [3.63, 3.8) is 0 Å². The number of nitrogens with zero attached hydrogens (tertiary/aromatic N) is 6. The van der Waals surface area contributed by atoms with Crippen LogP contribution < -0.4 is 28.2 Å². The van der Waals surface area contributed by atoms with E-state index in [1.165, 1.54) is 23.2 Å². The van der Waals surface area contributed by atoms with Crippen molar-refractivity contribution in [2.75, 3.05) is 31.2 Å². The fraction of sp³-hybridized carbons (Fsp3) is 0.485. The number of hydrogen-bond acceptors (Lipinski definition) is 20. The maximum atomic E-state index is 13.4. The first-order valence-electron chi connectivity index (χ1n) is 18.5. The third-order valence-corrected chi connectivity index (χ3v) is 10.9. The van der Waals surface area contributed by atoms with Crippen molar-refractivity contribution in [3.05, 3.63) is 71.3 Å². The van der Waals surface area contributed by atoms with Gasteiger partial charge in [0.2, 0.25) is 0 Å². The van der Waals surface area contributed by atoms with Crippen molar-refractivity contribution in [2.45, 2.75) is 81.3 Å². The first-order chi connectivity index (χ1) is 29.0. The molecule has 2 aliphatic heterocycles. The number of esters is 1. The highest BCUT2D eigenvalue weighted by Gasteiger charge is 2.50. The Bertz CT molecular complexity index is 2300. The standard InChI is InChI=1S/C33H44N10O16P2/c34-19(8-4-5-10-37-33(47)53-13-18-6-2-1-3-7-18)31(45)58-27-22(57-30(26(27)44)43-17-40-25-28(36)38-16-39-29(25)43)15-55-61(51,52)59-20-12-24(42-11-9-23(35)41-32(42)46)56-21(20)14-54-60(48,49)50/h1-3,6-7,9,11,16-17,19-22,24,26-27,30,44H,4-5,8,10,12-15,34H2,(H,37,47)(H,51,52)(H2,35,41,46)(H2,36,38,39)(H2,48,49,50)/t19-,20+,21-,22+,24-,26-,27-,30-/m1/s1. The lowest BCUT2D eigenvalue weighted by Gasteiger charge is -2.24. The molecular formula is C33H44N10O16P2. The number of alkyl carbamates (subject to hydrolysis) is 1. The van der Waals surface area contributed by atoms with Crippen molar-refractivity contribution in [3.8, 4) is 0 Å². The van der Waals surface area contributed by atoms with E-state index in [0.717, 1.165) is 16.5 Å². The number of phosphoric ester groups is 2. The molecule has 61 heavy (non-hydrogen) atoms. The second kappa shape index (κ2) is 19.8. The van der Waals surface area contributed by atoms with Crippen LogP contribution in [0, 0.1) is 0 Å². The van der Waals surface area contributed by atoms with E-state index in [1.807, 2.05) is 30.3 Å². The van der Waals surface area contributed by atoms with E-state index in [4.69, 9.17) is 45.2 Å². The van der Waals surface area contributed by atoms with Crippen LogP contribution in [0.4, 0.5) is 16.4 Å². The molecule has 4 aromatic rings. The number of benzene rings is 1. The number of anilines is 2. The SMILES string of the molecule is Nc1ccn([C@H]2C[C@H](OP(=O)(O)OC[C@@H]3O[C@@H](n4cnc5c(N)ncnc54)[C@H](O)[C@@H]3OC(=O)[C@H](N)CCCCNC(=O)OCc3ccccc3)[C@@H](COP(=O)(O)O)O2)c(=O)n1. The molecule has 2 saturated heterocycles. The smallest absolute Gasteiger partial charge is 0.455 e. The van der Waals surface area contributed by atoms with Crippen LogP contribution in [-0.4, -0.2) is 117 Å². The molecule has 2 fully saturated rings. The number of aliphatic hydroxyl groups excluding tert-OH is 1. The lowest BCUT2D eigenvalue weighted by atomic mass is 10.1. The van der Waals surface area contributed by atoms with Gasteiger partial charge in [0, 0.05) is 19.2 Å². The van der Waals surface area contributed by atoms with Crippen molar-refractivity contribution >= 4 is 50.5 Å². The van der Waals surface area contributed by atoms with E-state index >= 15 is 0 Å². The second-order valence-electron chi connectivity index (χ2n) is 13.7. The number of hydrogen-bond donors (Lipinski definition) is 8. The molecule has 11 N–H and O–H groups in total. The molecule has 9 atom stereocenters. The number of amides is 1. The summed E-state index contributed by atoms with van der Waals surface area (Å²) in [6.07, 6.45) is -6.64. The van der Waals surface area contributed by atoms with Gasteiger partial charge in [-0.05, 0) is 30.9 Å². The number of imidazole rings is 1. The normalized spacial score (nSPS) is 24.3. The molecule has 5 heterocycles. The van der Waals surface area contributed by atoms with E-state index in [9.17, 15) is 43.3 Å². The van der Waals surface area contributed by atoms with Crippen molar-refractivity contribution in [1.82, 2.24) is 34.4 Å². The summed E-state index contributed by atoms with van der Waals surface area (Å²) in [5, 5.41) is 14.1. The molecule has 28 heteroatoms. The predicted molar refractivity (Wildman–Crippen MR) is 206 cm³/mol. The Balaban J connectivity index is 1.09. The zero-order valence-corrected chi connectivity index (χ0v) is 33.8. The second-order valence-corrected chi connectivity index (χ2v) is 16.4. The predicted octanol–water partition coefficient (Wildman–Crippen LogP) is -0.259. The number of phosphoric acid groups is 2. The lowest BCUT2D eigenvalue weighted by Crippen LogP contribution is -2.43. The largest absolute Gasteiger partial charge is 0.472 e. The molecule has 26 nitrogen and oxygen atoms in total. The van der Waals surface area contributed by atoms with E-state index in [0.29, 0.717) is 12.8 Å². The van der Waals surface area contributed by atoms with Gasteiger partial charge in [-0.2, -0.15) is 4.98 Å². The molecular weight excluding hydrogens is 854 g/mol. The number of rotatable bonds is 19. The Kier molecular flexibility index (Phi) is 14.8. The highest BCUT2D eigenvalue weighted by atomic mass is 31.2. The Morgan fingerprint density at radius 1 is 0.984 bits per heavy atom. The maximum Gasteiger partial charge on any atom is 0.472 e. The van der Waals surface area contributed by atoms with E-state index in [1.54, 1.807) is 0 Å². The summed E-state index contributed by atoms with van der Waals surface area (Å²) >= 11 is 0. The minimum Gasteiger partial charge on any atom is -0.455 e. The molecule has 1 aromatic carbocycles. The van der Waals surface area contributed by atoms with E-state index in [-0.39, 0.29) is 48.8 Å². The van der Waals surface area contributed by atoms with Gasteiger partial charge >= 0.3 is 33.4 Å². The lowest BCUT2D eigenvalue weighted by molar-refractivity contribution is -0.158. The molecule has 0 bridgehead atoms. The van der Waals surface area contributed by atoms with Gasteiger partial charge in [-0.1, -0.05) is 30.3 Å². The van der Waals surface area contributed by atoms with Gasteiger partial charge < -0.3 is 61.3 Å². The average molecular weight is 899 g/mol. The molecule has 0 spiro atoms. The molecule has 332 valence electrons. The van der Waals surface area contributed by atoms with Gasteiger partial charge in [-0.15, -0.1) is 0 Å². The number of carbonyl (C=O) groups excluding carboxylic acids is 2. The van der Waals surface area contributed by atoms with Crippen molar-refractivity contribution < 1.29 is 71.0 Å². The fourth-order valence-corrected chi connectivity index (χ4v) is 7.70. The van der Waals surface area contributed by atoms with Crippen molar-refractivity contribution in [1.29, 1.82) is 0 Å². The van der Waals surface area contributed by atoms with Crippen LogP contribution in [0.2, 0.25) is 0 Å². The monoisotopic (exact) mass is 898 g/mol. The molecule has 3 aromatic heterocycles. The Morgan fingerprint density at radius 3 is 2.48 bits per heavy atom. The molecule has 1 unspecified atom stereocenters. The Labute approximate surface area is 345 Å². The number of nitrogen functional groups attached to an aromatic ring is 2. The van der Waals surface area contributed by atoms with Gasteiger partial charge in [-0.25, -0.2) is 33.7 Å². The van der Waals surface area contributed by atoms with E-state index < -0.39 is 95.6 Å². The minimum atomic E-state index is -5.18. The molecule has 1 amide bonds. The number of fused-ring (bicyclic) bond motifs is 1. The first kappa shape index (κ1) is 45.6. The zero-order chi connectivity index (χ0) is 43.9. The van der Waals surface area contributed by atoms with Crippen LogP contribution in [0.15, 0.2) is 60.0 Å². The Hall–Kier alpha value is -4.95. The number of aliphatic hydroxyl groups is 1. The number of unbranched alkanes of at least 4 members (excludes halogenated alkanes) is 1. The number of nitrogens with two attached hydrogens (primary N) is 3. The number of aromatic nitrogens is 6. The van der Waals surface area contributed by atoms with Gasteiger partial charge in [0.25, 0.3) is 0 Å². The van der Waals surface area contributed by atoms with Crippen LogP contribution in [0.3, 0.4) is 0 Å². The van der Waals surface area contributed by atoms with Gasteiger partial charge in [-0.3, -0.25) is 27.5 Å². The fourth-order valence-electron chi connectivity index (χ4n) is 6.40. The number of carbonyl (C=O) groups is 2. The van der Waals surface area contributed by atoms with Gasteiger partial charge in [0.15, 0.2) is 23.8 Å². The Morgan fingerprint density at radius 2 is 1.74 bits per heavy atom. The molecule has 0 aliphatic carbocycles. The summed E-state index contributed by atoms with van der Waals surface area (Å²) < 4.78 is 64.8. The highest BCUT2D eigenvalue weighted by Crippen LogP contribution is 2.50. The third kappa shape index (κ3) is 12.1. The quantitative estimate of drug-likeness (QED) is 0.0341.